The highest BCUT2D eigenvalue weighted by molar-refractivity contribution is 6.04. The lowest BCUT2D eigenvalue weighted by Gasteiger charge is -2.32. The maximum atomic E-state index is 13.1. The van der Waals surface area contributed by atoms with Crippen LogP contribution in [0, 0.1) is 5.92 Å². The number of aliphatic carboxylic acids is 1. The van der Waals surface area contributed by atoms with E-state index in [1.807, 2.05) is 13.8 Å². The lowest BCUT2D eigenvalue weighted by Crippen LogP contribution is -2.47. The van der Waals surface area contributed by atoms with Crippen molar-refractivity contribution in [3.05, 3.63) is 40.3 Å². The van der Waals surface area contributed by atoms with Crippen molar-refractivity contribution in [1.82, 2.24) is 14.7 Å². The molecule has 2 heterocycles. The maximum absolute atomic E-state index is 13.1. The number of benzene rings is 1. The van der Waals surface area contributed by atoms with Crippen molar-refractivity contribution in [2.24, 2.45) is 5.92 Å². The van der Waals surface area contributed by atoms with Crippen LogP contribution in [0.5, 0.6) is 0 Å². The van der Waals surface area contributed by atoms with Gasteiger partial charge in [-0.2, -0.15) is 5.10 Å². The molecule has 0 radical (unpaired) electrons. The fraction of sp³-hybridized carbons (Fsp3) is 0.474. The van der Waals surface area contributed by atoms with E-state index in [9.17, 15) is 14.4 Å². The van der Waals surface area contributed by atoms with Gasteiger partial charge in [0.05, 0.1) is 24.5 Å². The van der Waals surface area contributed by atoms with Gasteiger partial charge in [0.1, 0.15) is 0 Å². The second kappa shape index (κ2) is 7.87. The number of rotatable bonds is 5. The van der Waals surface area contributed by atoms with Crippen molar-refractivity contribution in [2.45, 2.75) is 32.9 Å². The average molecular weight is 373 g/mol. The third kappa shape index (κ3) is 4.16. The summed E-state index contributed by atoms with van der Waals surface area (Å²) in [7, 11) is 0. The third-order valence-electron chi connectivity index (χ3n) is 4.44. The second-order valence-electron chi connectivity index (χ2n) is 7.12. The molecule has 1 fully saturated rings. The van der Waals surface area contributed by atoms with E-state index in [1.165, 1.54) is 4.68 Å². The predicted molar refractivity (Wildman–Crippen MR) is 98.7 cm³/mol. The summed E-state index contributed by atoms with van der Waals surface area (Å²) in [6, 6.07) is 6.93. The van der Waals surface area contributed by atoms with Gasteiger partial charge < -0.3 is 14.7 Å². The van der Waals surface area contributed by atoms with Crippen LogP contribution >= 0.6 is 0 Å². The molecule has 0 saturated carbocycles. The van der Waals surface area contributed by atoms with Crippen LogP contribution < -0.4 is 5.56 Å². The van der Waals surface area contributed by atoms with E-state index in [2.05, 4.69) is 5.10 Å². The van der Waals surface area contributed by atoms with Crippen LogP contribution in [0.4, 0.5) is 0 Å². The van der Waals surface area contributed by atoms with Gasteiger partial charge in [-0.1, -0.05) is 32.0 Å². The fourth-order valence-corrected chi connectivity index (χ4v) is 3.23. The monoisotopic (exact) mass is 373 g/mol. The summed E-state index contributed by atoms with van der Waals surface area (Å²) in [5, 5.41) is 14.3. The number of nitrogens with zero attached hydrogens (tertiary/aromatic N) is 3. The molecule has 8 heteroatoms. The predicted octanol–water partition coefficient (Wildman–Crippen LogP) is 1.37. The Balaban J connectivity index is 1.99. The fourth-order valence-electron chi connectivity index (χ4n) is 3.23. The van der Waals surface area contributed by atoms with Crippen LogP contribution in [0.1, 0.15) is 30.8 Å². The lowest BCUT2D eigenvalue weighted by atomic mass is 10.1. The van der Waals surface area contributed by atoms with E-state index in [4.69, 9.17) is 9.84 Å². The van der Waals surface area contributed by atoms with Crippen LogP contribution in [-0.2, 0) is 16.1 Å². The summed E-state index contributed by atoms with van der Waals surface area (Å²) in [5.41, 5.74) is -0.0107. The number of carbonyl (C=O) groups is 2. The van der Waals surface area contributed by atoms with E-state index in [0.29, 0.717) is 23.9 Å². The highest BCUT2D eigenvalue weighted by Gasteiger charge is 2.29. The Kier molecular flexibility index (Phi) is 5.55. The molecule has 1 aromatic carbocycles. The van der Waals surface area contributed by atoms with Crippen LogP contribution in [0.2, 0.25) is 0 Å². The van der Waals surface area contributed by atoms with Crippen LogP contribution in [-0.4, -0.2) is 57.5 Å². The number of hydrogen-bond donors (Lipinski definition) is 1. The molecule has 1 unspecified atom stereocenters. The Labute approximate surface area is 156 Å². The molecule has 1 aromatic heterocycles. The maximum Gasteiger partial charge on any atom is 0.306 e. The summed E-state index contributed by atoms with van der Waals surface area (Å²) >= 11 is 0. The molecule has 1 amide bonds. The third-order valence-corrected chi connectivity index (χ3v) is 4.44. The van der Waals surface area contributed by atoms with E-state index in [0.717, 1.165) is 0 Å². The van der Waals surface area contributed by atoms with Gasteiger partial charge in [-0.3, -0.25) is 14.4 Å². The molecule has 8 nitrogen and oxygen atoms in total. The number of ether oxygens (including phenoxy) is 1. The zero-order valence-corrected chi connectivity index (χ0v) is 15.4. The number of fused-ring (bicyclic) bond motifs is 1. The van der Waals surface area contributed by atoms with Gasteiger partial charge in [-0.25, -0.2) is 4.68 Å². The molecule has 0 spiro atoms. The normalized spacial score (nSPS) is 17.4. The molecule has 0 bridgehead atoms. The summed E-state index contributed by atoms with van der Waals surface area (Å²) in [6.07, 6.45) is -0.710. The first-order valence-corrected chi connectivity index (χ1v) is 8.99. The van der Waals surface area contributed by atoms with E-state index in [-0.39, 0.29) is 42.7 Å². The summed E-state index contributed by atoms with van der Waals surface area (Å²) in [6.45, 7) is 5.17. The Bertz CT molecular complexity index is 921. The van der Waals surface area contributed by atoms with Crippen molar-refractivity contribution in [3.63, 3.8) is 0 Å². The Morgan fingerprint density at radius 1 is 1.30 bits per heavy atom. The first kappa shape index (κ1) is 19.0. The molecule has 2 aromatic rings. The minimum absolute atomic E-state index is 0.162. The van der Waals surface area contributed by atoms with Gasteiger partial charge in [0, 0.05) is 25.0 Å². The smallest absolute Gasteiger partial charge is 0.306 e. The van der Waals surface area contributed by atoms with Gasteiger partial charge in [-0.15, -0.1) is 0 Å². The number of carbonyl (C=O) groups excluding carboxylic acids is 1. The standard InChI is InChI=1S/C19H23N3O5/c1-12(2)10-22-18(25)15-6-4-3-5-14(15)17(20-22)19(26)21-7-8-27-13(11-21)9-16(23)24/h3-6,12-13H,7-11H2,1-2H3,(H,23,24). The number of hydrogen-bond acceptors (Lipinski definition) is 5. The molecule has 1 aliphatic heterocycles. The van der Waals surface area contributed by atoms with Gasteiger partial charge in [0.2, 0.25) is 0 Å². The van der Waals surface area contributed by atoms with E-state index < -0.39 is 12.1 Å². The molecule has 3 rings (SSSR count). The topological polar surface area (TPSA) is 102 Å². The largest absolute Gasteiger partial charge is 0.481 e. The van der Waals surface area contributed by atoms with Crippen LogP contribution in [0.3, 0.4) is 0 Å². The lowest BCUT2D eigenvalue weighted by molar-refractivity contribution is -0.141. The van der Waals surface area contributed by atoms with Crippen molar-refractivity contribution < 1.29 is 19.4 Å². The molecule has 1 N–H and O–H groups in total. The Morgan fingerprint density at radius 3 is 2.67 bits per heavy atom. The number of carboxylic acids is 1. The Morgan fingerprint density at radius 2 is 2.00 bits per heavy atom. The van der Waals surface area contributed by atoms with Crippen molar-refractivity contribution in [3.8, 4) is 0 Å². The number of aromatic nitrogens is 2. The van der Waals surface area contributed by atoms with Crippen molar-refractivity contribution >= 4 is 22.6 Å². The van der Waals surface area contributed by atoms with E-state index >= 15 is 0 Å². The number of carboxylic acid groups (broad SMARTS) is 1. The van der Waals surface area contributed by atoms with Gasteiger partial charge in [0.15, 0.2) is 5.69 Å². The molecule has 0 aliphatic carbocycles. The number of morpholine rings is 1. The van der Waals surface area contributed by atoms with Crippen molar-refractivity contribution in [1.29, 1.82) is 0 Å². The Hall–Kier alpha value is -2.74. The summed E-state index contributed by atoms with van der Waals surface area (Å²) in [4.78, 5) is 38.3. The van der Waals surface area contributed by atoms with Gasteiger partial charge in [0.25, 0.3) is 11.5 Å². The first-order chi connectivity index (χ1) is 12.9. The van der Waals surface area contributed by atoms with Crippen LogP contribution in [0.25, 0.3) is 10.8 Å². The molecule has 144 valence electrons. The zero-order valence-electron chi connectivity index (χ0n) is 15.4. The summed E-state index contributed by atoms with van der Waals surface area (Å²) in [5.74, 6) is -1.09. The molecular formula is C19H23N3O5. The average Bonchev–Trinajstić information content (AvgIpc) is 2.63. The highest BCUT2D eigenvalue weighted by Crippen LogP contribution is 2.18. The minimum Gasteiger partial charge on any atom is -0.481 e. The first-order valence-electron chi connectivity index (χ1n) is 8.99. The molecule has 1 saturated heterocycles. The van der Waals surface area contributed by atoms with E-state index in [1.54, 1.807) is 29.2 Å². The minimum atomic E-state index is -0.969. The molecule has 27 heavy (non-hydrogen) atoms. The highest BCUT2D eigenvalue weighted by atomic mass is 16.5. The van der Waals surface area contributed by atoms with Gasteiger partial charge in [-0.05, 0) is 12.0 Å². The molecule has 1 atom stereocenters. The SMILES string of the molecule is CC(C)Cn1nc(C(=O)N2CCOC(CC(=O)O)C2)c2ccccc2c1=O. The van der Waals surface area contributed by atoms with Crippen LogP contribution in [0.15, 0.2) is 29.1 Å². The zero-order chi connectivity index (χ0) is 19.6. The van der Waals surface area contributed by atoms with Crippen molar-refractivity contribution in [2.75, 3.05) is 19.7 Å². The molecular weight excluding hydrogens is 350 g/mol. The summed E-state index contributed by atoms with van der Waals surface area (Å²) < 4.78 is 6.78. The van der Waals surface area contributed by atoms with Gasteiger partial charge >= 0.3 is 5.97 Å². The second-order valence-corrected chi connectivity index (χ2v) is 7.12. The quantitative estimate of drug-likeness (QED) is 0.849. The molecule has 1 aliphatic rings. The number of amides is 1.